The van der Waals surface area contributed by atoms with Gasteiger partial charge in [0.25, 0.3) is 0 Å². The van der Waals surface area contributed by atoms with Gasteiger partial charge in [-0.15, -0.1) is 11.6 Å². The minimum Gasteiger partial charge on any atom is -0.407 e. The lowest BCUT2D eigenvalue weighted by Crippen LogP contribution is -2.04. The van der Waals surface area contributed by atoms with Crippen molar-refractivity contribution in [2.24, 2.45) is 0 Å². The van der Waals surface area contributed by atoms with Crippen LogP contribution in [0.25, 0.3) is 0 Å². The molecule has 3 heteroatoms. The molecule has 0 aliphatic heterocycles. The van der Waals surface area contributed by atoms with E-state index in [2.05, 4.69) is 12.0 Å². The van der Waals surface area contributed by atoms with Crippen LogP contribution in [0.15, 0.2) is 30.3 Å². The summed E-state index contributed by atoms with van der Waals surface area (Å²) in [6.45, 7) is 0. The SMILES string of the molecule is OC(C#COc1ccccc1)CCl. The van der Waals surface area contributed by atoms with Gasteiger partial charge < -0.3 is 9.84 Å². The highest BCUT2D eigenvalue weighted by Crippen LogP contribution is 2.06. The molecule has 1 rings (SSSR count). The number of halogens is 1. The standard InChI is InChI=1S/C10H9ClO2/c11-8-9(12)6-7-13-10-4-2-1-3-5-10/h1-5,9,12H,8H2. The van der Waals surface area contributed by atoms with Crippen molar-refractivity contribution in [3.05, 3.63) is 30.3 Å². The number of hydrogen-bond donors (Lipinski definition) is 1. The van der Waals surface area contributed by atoms with Crippen LogP contribution < -0.4 is 4.74 Å². The second-order valence-corrected chi connectivity index (χ2v) is 2.64. The molecular formula is C10H9ClO2. The molecule has 1 N–H and O–H groups in total. The Labute approximate surface area is 82.1 Å². The average Bonchev–Trinajstić information content (AvgIpc) is 2.19. The molecular weight excluding hydrogens is 188 g/mol. The Morgan fingerprint density at radius 1 is 1.38 bits per heavy atom. The van der Waals surface area contributed by atoms with Crippen molar-refractivity contribution >= 4 is 11.6 Å². The van der Waals surface area contributed by atoms with Crippen molar-refractivity contribution in [3.63, 3.8) is 0 Å². The zero-order chi connectivity index (χ0) is 9.52. The van der Waals surface area contributed by atoms with Crippen LogP contribution in [0.3, 0.4) is 0 Å². The summed E-state index contributed by atoms with van der Waals surface area (Å²) in [5, 5.41) is 8.95. The fourth-order valence-corrected chi connectivity index (χ4v) is 0.761. The van der Waals surface area contributed by atoms with Gasteiger partial charge in [-0.05, 0) is 18.1 Å². The van der Waals surface area contributed by atoms with Crippen LogP contribution in [-0.4, -0.2) is 17.1 Å². The fourth-order valence-electron chi connectivity index (χ4n) is 0.684. The minimum absolute atomic E-state index is 0.0884. The van der Waals surface area contributed by atoms with Gasteiger partial charge in [0.05, 0.1) is 5.88 Å². The van der Waals surface area contributed by atoms with E-state index in [0.717, 1.165) is 0 Å². The Bertz CT molecular complexity index is 300. The van der Waals surface area contributed by atoms with Crippen LogP contribution in [0.4, 0.5) is 0 Å². The number of rotatable bonds is 2. The number of benzene rings is 1. The van der Waals surface area contributed by atoms with E-state index in [1.807, 2.05) is 18.2 Å². The van der Waals surface area contributed by atoms with Crippen LogP contribution in [0.5, 0.6) is 5.75 Å². The Balaban J connectivity index is 2.46. The first-order valence-corrected chi connectivity index (χ1v) is 4.33. The molecule has 0 bridgehead atoms. The van der Waals surface area contributed by atoms with E-state index in [4.69, 9.17) is 21.4 Å². The molecule has 0 aliphatic carbocycles. The fraction of sp³-hybridized carbons (Fsp3) is 0.200. The van der Waals surface area contributed by atoms with Crippen LogP contribution in [0, 0.1) is 12.0 Å². The normalized spacial score (nSPS) is 11.2. The summed E-state index contributed by atoms with van der Waals surface area (Å²) in [5.74, 6) is 3.17. The highest BCUT2D eigenvalue weighted by molar-refractivity contribution is 6.18. The van der Waals surface area contributed by atoms with Gasteiger partial charge >= 0.3 is 0 Å². The highest BCUT2D eigenvalue weighted by Gasteiger charge is 1.93. The summed E-state index contributed by atoms with van der Waals surface area (Å²) in [6, 6.07) is 9.13. The Kier molecular flexibility index (Phi) is 4.17. The van der Waals surface area contributed by atoms with Gasteiger partial charge in [0.1, 0.15) is 18.0 Å². The van der Waals surface area contributed by atoms with Gasteiger partial charge in [-0.3, -0.25) is 0 Å². The first kappa shape index (κ1) is 9.91. The lowest BCUT2D eigenvalue weighted by molar-refractivity contribution is 0.255. The largest absolute Gasteiger partial charge is 0.407 e. The van der Waals surface area contributed by atoms with Crippen LogP contribution in [0.1, 0.15) is 0 Å². The van der Waals surface area contributed by atoms with E-state index < -0.39 is 6.10 Å². The summed E-state index contributed by atoms with van der Waals surface area (Å²) >= 11 is 5.33. The number of alkyl halides is 1. The maximum atomic E-state index is 8.95. The van der Waals surface area contributed by atoms with Crippen molar-refractivity contribution in [2.75, 3.05) is 5.88 Å². The van der Waals surface area contributed by atoms with Crippen molar-refractivity contribution in [2.45, 2.75) is 6.10 Å². The molecule has 68 valence electrons. The predicted octanol–water partition coefficient (Wildman–Crippen LogP) is 1.63. The van der Waals surface area contributed by atoms with Gasteiger partial charge in [0.2, 0.25) is 0 Å². The number of ether oxygens (including phenoxy) is 1. The molecule has 0 aromatic heterocycles. The lowest BCUT2D eigenvalue weighted by Gasteiger charge is -1.95. The average molecular weight is 197 g/mol. The van der Waals surface area contributed by atoms with E-state index in [0.29, 0.717) is 5.75 Å². The molecule has 1 aromatic carbocycles. The van der Waals surface area contributed by atoms with Gasteiger partial charge in [0.15, 0.2) is 0 Å². The first-order valence-electron chi connectivity index (χ1n) is 3.79. The number of hydrogen-bond acceptors (Lipinski definition) is 2. The summed E-state index contributed by atoms with van der Waals surface area (Å²) in [6.07, 6.45) is 1.54. The summed E-state index contributed by atoms with van der Waals surface area (Å²) in [5.41, 5.74) is 0. The van der Waals surface area contributed by atoms with Crippen molar-refractivity contribution < 1.29 is 9.84 Å². The summed E-state index contributed by atoms with van der Waals surface area (Å²) in [4.78, 5) is 0. The second-order valence-electron chi connectivity index (χ2n) is 2.33. The lowest BCUT2D eigenvalue weighted by atomic mass is 10.3. The molecule has 2 nitrogen and oxygen atoms in total. The molecule has 1 unspecified atom stereocenters. The third-order valence-electron chi connectivity index (χ3n) is 1.28. The third kappa shape index (κ3) is 3.84. The quantitative estimate of drug-likeness (QED) is 0.576. The third-order valence-corrected chi connectivity index (χ3v) is 1.58. The molecule has 1 aromatic rings. The van der Waals surface area contributed by atoms with Crippen LogP contribution in [-0.2, 0) is 0 Å². The van der Waals surface area contributed by atoms with Crippen molar-refractivity contribution in [1.29, 1.82) is 0 Å². The van der Waals surface area contributed by atoms with Gasteiger partial charge in [-0.2, -0.15) is 0 Å². The number of aliphatic hydroxyl groups excluding tert-OH is 1. The predicted molar refractivity (Wildman–Crippen MR) is 51.6 cm³/mol. The highest BCUT2D eigenvalue weighted by atomic mass is 35.5. The molecule has 0 heterocycles. The number of aliphatic hydroxyl groups is 1. The maximum Gasteiger partial charge on any atom is 0.140 e. The molecule has 0 amide bonds. The molecule has 0 fully saturated rings. The molecule has 0 saturated carbocycles. The Morgan fingerprint density at radius 3 is 2.69 bits per heavy atom. The number of para-hydroxylation sites is 1. The van der Waals surface area contributed by atoms with Gasteiger partial charge in [-0.25, -0.2) is 0 Å². The van der Waals surface area contributed by atoms with E-state index in [-0.39, 0.29) is 5.88 Å². The van der Waals surface area contributed by atoms with Crippen LogP contribution in [0.2, 0.25) is 0 Å². The Hall–Kier alpha value is -1.17. The van der Waals surface area contributed by atoms with E-state index >= 15 is 0 Å². The minimum atomic E-state index is -0.828. The molecule has 13 heavy (non-hydrogen) atoms. The van der Waals surface area contributed by atoms with Crippen molar-refractivity contribution in [1.82, 2.24) is 0 Å². The Morgan fingerprint density at radius 2 is 2.08 bits per heavy atom. The van der Waals surface area contributed by atoms with E-state index in [1.165, 1.54) is 0 Å². The molecule has 0 spiro atoms. The summed E-state index contributed by atoms with van der Waals surface area (Å²) in [7, 11) is 0. The topological polar surface area (TPSA) is 29.5 Å². The zero-order valence-corrected chi connectivity index (χ0v) is 7.66. The maximum absolute atomic E-state index is 8.95. The van der Waals surface area contributed by atoms with Gasteiger partial charge in [0, 0.05) is 0 Å². The first-order chi connectivity index (χ1) is 6.33. The molecule has 0 saturated heterocycles. The molecule has 1 atom stereocenters. The monoisotopic (exact) mass is 196 g/mol. The zero-order valence-electron chi connectivity index (χ0n) is 6.90. The smallest absolute Gasteiger partial charge is 0.140 e. The van der Waals surface area contributed by atoms with E-state index in [1.54, 1.807) is 12.1 Å². The van der Waals surface area contributed by atoms with E-state index in [9.17, 15) is 0 Å². The summed E-state index contributed by atoms with van der Waals surface area (Å²) < 4.78 is 5.00. The second kappa shape index (κ2) is 5.47. The van der Waals surface area contributed by atoms with Crippen LogP contribution >= 0.6 is 11.6 Å². The molecule has 0 radical (unpaired) electrons. The van der Waals surface area contributed by atoms with Gasteiger partial charge in [-0.1, -0.05) is 18.2 Å². The molecule has 0 aliphatic rings. The van der Waals surface area contributed by atoms with Crippen molar-refractivity contribution in [3.8, 4) is 17.8 Å².